The summed E-state index contributed by atoms with van der Waals surface area (Å²) in [6, 6.07) is 7.37. The van der Waals surface area contributed by atoms with Gasteiger partial charge in [-0.2, -0.15) is 5.10 Å². The second-order valence-electron chi connectivity index (χ2n) is 8.02. The molecule has 0 bridgehead atoms. The fourth-order valence-corrected chi connectivity index (χ4v) is 3.94. The number of nitrogens with two attached hydrogens (primary N) is 1. The fraction of sp³-hybridized carbons (Fsp3) is 0.148. The van der Waals surface area contributed by atoms with Gasteiger partial charge in [0.25, 0.3) is 12.0 Å². The Hall–Kier alpha value is -4.83. The molecule has 0 saturated heterocycles. The zero-order valence-electron chi connectivity index (χ0n) is 19.3. The van der Waals surface area contributed by atoms with Crippen LogP contribution < -0.4 is 11.3 Å². The number of halogens is 4. The molecule has 0 aliphatic carbocycles. The van der Waals surface area contributed by atoms with Crippen LogP contribution >= 0.6 is 0 Å². The molecule has 0 aliphatic heterocycles. The van der Waals surface area contributed by atoms with Gasteiger partial charge in [0.05, 0.1) is 28.4 Å². The average molecular weight is 506 g/mol. The van der Waals surface area contributed by atoms with Crippen molar-refractivity contribution in [2.45, 2.75) is 18.8 Å². The highest BCUT2D eigenvalue weighted by atomic mass is 19.3. The molecule has 0 aliphatic rings. The van der Waals surface area contributed by atoms with Crippen LogP contribution in [0.1, 0.15) is 51.4 Å². The molecular weight excluding hydrogens is 488 g/mol. The average Bonchev–Trinajstić information content (AvgIpc) is 3.30. The van der Waals surface area contributed by atoms with E-state index in [4.69, 9.17) is 5.73 Å². The van der Waals surface area contributed by atoms with Gasteiger partial charge in [0.15, 0.2) is 0 Å². The molecule has 0 fully saturated rings. The molecule has 1 unspecified atom stereocenters. The van der Waals surface area contributed by atoms with Gasteiger partial charge in [-0.05, 0) is 53.7 Å². The first-order chi connectivity index (χ1) is 17.7. The van der Waals surface area contributed by atoms with Crippen LogP contribution in [0.3, 0.4) is 0 Å². The van der Waals surface area contributed by atoms with Crippen molar-refractivity contribution in [2.24, 2.45) is 12.8 Å². The third-order valence-corrected chi connectivity index (χ3v) is 5.72. The summed E-state index contributed by atoms with van der Waals surface area (Å²) in [5, 5.41) is 3.85. The molecule has 10 heteroatoms. The van der Waals surface area contributed by atoms with Gasteiger partial charge in [0.1, 0.15) is 11.6 Å². The summed E-state index contributed by atoms with van der Waals surface area (Å²) in [6.07, 6.45) is 0.846. The molecule has 4 rings (SSSR count). The van der Waals surface area contributed by atoms with E-state index in [-0.39, 0.29) is 34.2 Å². The monoisotopic (exact) mass is 506 g/mol. The lowest BCUT2D eigenvalue weighted by atomic mass is 9.89. The van der Waals surface area contributed by atoms with Crippen molar-refractivity contribution in [1.82, 2.24) is 14.2 Å². The van der Waals surface area contributed by atoms with Crippen LogP contribution in [0.2, 0.25) is 0 Å². The van der Waals surface area contributed by atoms with E-state index in [0.717, 1.165) is 28.9 Å². The van der Waals surface area contributed by atoms with Crippen LogP contribution in [0, 0.1) is 35.3 Å². The quantitative estimate of drug-likeness (QED) is 0.329. The number of pyridine rings is 2. The number of nitrogens with zero attached hydrogens (tertiary/aromatic N) is 3. The summed E-state index contributed by atoms with van der Waals surface area (Å²) in [6.45, 7) is 0. The molecular formula is C27H18F4N4O2. The number of hydrogen-bond donors (Lipinski definition) is 1. The number of amides is 1. The first-order valence-corrected chi connectivity index (χ1v) is 10.9. The normalized spacial score (nSPS) is 11.5. The van der Waals surface area contributed by atoms with Crippen LogP contribution in [0.4, 0.5) is 17.6 Å². The number of carbonyl (C=O) groups is 1. The fourth-order valence-electron chi connectivity index (χ4n) is 3.94. The van der Waals surface area contributed by atoms with Gasteiger partial charge in [0.2, 0.25) is 5.91 Å². The van der Waals surface area contributed by atoms with Crippen molar-refractivity contribution < 1.29 is 22.4 Å². The Bertz CT molecular complexity index is 1700. The van der Waals surface area contributed by atoms with Crippen LogP contribution in [0.25, 0.3) is 5.52 Å². The number of aryl methyl sites for hydroxylation is 1. The highest BCUT2D eigenvalue weighted by molar-refractivity contribution is 5.98. The van der Waals surface area contributed by atoms with Gasteiger partial charge >= 0.3 is 0 Å². The van der Waals surface area contributed by atoms with Crippen LogP contribution in [0.15, 0.2) is 59.8 Å². The van der Waals surface area contributed by atoms with E-state index in [1.165, 1.54) is 36.1 Å². The highest BCUT2D eigenvalue weighted by Gasteiger charge is 2.22. The smallest absolute Gasteiger partial charge is 0.267 e. The van der Waals surface area contributed by atoms with E-state index in [9.17, 15) is 27.2 Å². The number of rotatable bonds is 5. The molecule has 3 heterocycles. The Kier molecular flexibility index (Phi) is 7.12. The SMILES string of the molecule is Cn1cccc(C(CC#CC#Cc2c(C(N)=O)ccn3ncc(C(F)F)c23)c2cc(F)ccc2F)c1=O. The first kappa shape index (κ1) is 25.3. The van der Waals surface area contributed by atoms with Gasteiger partial charge in [-0.25, -0.2) is 22.1 Å². The van der Waals surface area contributed by atoms with Crippen LogP contribution in [-0.4, -0.2) is 20.1 Å². The van der Waals surface area contributed by atoms with E-state index in [0.29, 0.717) is 0 Å². The molecule has 1 amide bonds. The molecule has 4 aromatic rings. The van der Waals surface area contributed by atoms with Crippen LogP contribution in [-0.2, 0) is 7.05 Å². The number of alkyl halides is 2. The molecule has 3 aromatic heterocycles. The van der Waals surface area contributed by atoms with Gasteiger partial charge in [-0.15, -0.1) is 0 Å². The molecule has 1 aromatic carbocycles. The van der Waals surface area contributed by atoms with Gasteiger partial charge < -0.3 is 10.3 Å². The Morgan fingerprint density at radius 3 is 2.59 bits per heavy atom. The predicted octanol–water partition coefficient (Wildman–Crippen LogP) is 3.92. The minimum absolute atomic E-state index is 0.0489. The number of hydrogen-bond acceptors (Lipinski definition) is 3. The number of primary amides is 1. The third kappa shape index (κ3) is 5.09. The molecule has 0 spiro atoms. The molecule has 2 N–H and O–H groups in total. The van der Waals surface area contributed by atoms with Gasteiger partial charge in [0, 0.05) is 37.3 Å². The van der Waals surface area contributed by atoms with Crippen molar-refractivity contribution in [3.05, 3.63) is 105 Å². The summed E-state index contributed by atoms with van der Waals surface area (Å²) in [5.74, 6) is 7.20. The topological polar surface area (TPSA) is 82.4 Å². The summed E-state index contributed by atoms with van der Waals surface area (Å²) >= 11 is 0. The van der Waals surface area contributed by atoms with E-state index in [1.807, 2.05) is 0 Å². The third-order valence-electron chi connectivity index (χ3n) is 5.72. The van der Waals surface area contributed by atoms with Crippen LogP contribution in [0.5, 0.6) is 0 Å². The minimum atomic E-state index is -2.87. The Morgan fingerprint density at radius 1 is 1.08 bits per heavy atom. The lowest BCUT2D eigenvalue weighted by molar-refractivity contribution is 0.1000. The summed E-state index contributed by atoms with van der Waals surface area (Å²) in [5.41, 5.74) is 4.49. The van der Waals surface area contributed by atoms with E-state index in [2.05, 4.69) is 28.8 Å². The van der Waals surface area contributed by atoms with Crippen molar-refractivity contribution in [1.29, 1.82) is 0 Å². The molecule has 0 saturated carbocycles. The molecule has 6 nitrogen and oxygen atoms in total. The standard InChI is InChI=1S/C27H18F4N4O2/c1-34-12-5-8-20(27(34)37)17(21-14-16(28)9-10-23(21)29)6-3-2-4-7-18-19(26(32)36)11-13-35-24(18)22(15-33-35)25(30)31/h5,8-15,17,25H,6H2,1H3,(H2,32,36). The molecule has 0 radical (unpaired) electrons. The van der Waals surface area contributed by atoms with Crippen molar-refractivity contribution in [2.75, 3.05) is 0 Å². The summed E-state index contributed by atoms with van der Waals surface area (Å²) in [7, 11) is 1.53. The maximum Gasteiger partial charge on any atom is 0.267 e. The van der Waals surface area contributed by atoms with E-state index >= 15 is 0 Å². The summed E-state index contributed by atoms with van der Waals surface area (Å²) in [4.78, 5) is 24.6. The molecule has 37 heavy (non-hydrogen) atoms. The van der Waals surface area contributed by atoms with Gasteiger partial charge in [-0.1, -0.05) is 12.0 Å². The van der Waals surface area contributed by atoms with E-state index in [1.54, 1.807) is 6.07 Å². The van der Waals surface area contributed by atoms with E-state index < -0.39 is 41.0 Å². The zero-order valence-corrected chi connectivity index (χ0v) is 19.3. The Balaban J connectivity index is 1.76. The largest absolute Gasteiger partial charge is 0.366 e. The van der Waals surface area contributed by atoms with Crippen molar-refractivity contribution in [3.63, 3.8) is 0 Å². The summed E-state index contributed by atoms with van der Waals surface area (Å²) < 4.78 is 58.0. The second kappa shape index (κ2) is 10.4. The zero-order chi connectivity index (χ0) is 26.7. The second-order valence-corrected chi connectivity index (χ2v) is 8.02. The maximum atomic E-state index is 14.6. The highest BCUT2D eigenvalue weighted by Crippen LogP contribution is 2.29. The van der Waals surface area contributed by atoms with Crippen molar-refractivity contribution >= 4 is 11.4 Å². The predicted molar refractivity (Wildman–Crippen MR) is 128 cm³/mol. The van der Waals surface area contributed by atoms with Crippen molar-refractivity contribution in [3.8, 4) is 23.7 Å². The lowest BCUT2D eigenvalue weighted by Gasteiger charge is -2.16. The lowest BCUT2D eigenvalue weighted by Crippen LogP contribution is -2.23. The maximum absolute atomic E-state index is 14.6. The minimum Gasteiger partial charge on any atom is -0.366 e. The number of aromatic nitrogens is 3. The molecule has 1 atom stereocenters. The first-order valence-electron chi connectivity index (χ1n) is 10.9. The Morgan fingerprint density at radius 2 is 1.86 bits per heavy atom. The number of benzene rings is 1. The molecule has 186 valence electrons. The Labute approximate surface area is 208 Å². The van der Waals surface area contributed by atoms with Gasteiger partial charge in [-0.3, -0.25) is 9.59 Å². The number of fused-ring (bicyclic) bond motifs is 1. The number of carbonyl (C=O) groups excluding carboxylic acids is 1.